The summed E-state index contributed by atoms with van der Waals surface area (Å²) in [5, 5.41) is 0. The van der Waals surface area contributed by atoms with E-state index in [1.54, 1.807) is 0 Å². The minimum absolute atomic E-state index is 0.875. The first-order chi connectivity index (χ1) is 9.09. The second-order valence-electron chi connectivity index (χ2n) is 6.87. The predicted molar refractivity (Wildman–Crippen MR) is 86.6 cm³/mol. The average molecular weight is 265 g/mol. The van der Waals surface area contributed by atoms with E-state index in [1.807, 2.05) is 0 Å². The smallest absolute Gasteiger partial charge is 0.00924 e. The van der Waals surface area contributed by atoms with Gasteiger partial charge in [-0.2, -0.15) is 0 Å². The van der Waals surface area contributed by atoms with E-state index in [-0.39, 0.29) is 0 Å². The van der Waals surface area contributed by atoms with E-state index < -0.39 is 0 Å². The Morgan fingerprint density at radius 2 is 1.58 bits per heavy atom. The monoisotopic (exact) mass is 265 g/mol. The molecule has 1 saturated carbocycles. The van der Waals surface area contributed by atoms with Gasteiger partial charge in [0.2, 0.25) is 0 Å². The van der Waals surface area contributed by atoms with Crippen molar-refractivity contribution in [1.29, 1.82) is 0 Å². The molecule has 0 unspecified atom stereocenters. The fourth-order valence-corrected chi connectivity index (χ4v) is 3.18. The Kier molecular flexibility index (Phi) is 8.45. The van der Waals surface area contributed by atoms with Crippen LogP contribution in [0.4, 0.5) is 0 Å². The molecule has 0 atom stereocenters. The molecule has 1 aliphatic carbocycles. The summed E-state index contributed by atoms with van der Waals surface area (Å²) in [6, 6.07) is 0.875. The first kappa shape index (κ1) is 16.8. The molecule has 0 aliphatic heterocycles. The molecule has 0 bridgehead atoms. The van der Waals surface area contributed by atoms with Crippen LogP contribution in [0, 0.1) is 5.92 Å². The van der Waals surface area contributed by atoms with Crippen LogP contribution < -0.4 is 0 Å². The van der Waals surface area contributed by atoms with Gasteiger partial charge in [0.15, 0.2) is 0 Å². The normalized spacial score (nSPS) is 23.8. The first-order valence-electron chi connectivity index (χ1n) is 8.44. The van der Waals surface area contributed by atoms with E-state index in [1.165, 1.54) is 76.3 Å². The Bertz CT molecular complexity index is 238. The fraction of sp³-hybridized carbons (Fsp3) is 0.889. The summed E-state index contributed by atoms with van der Waals surface area (Å²) in [5.41, 5.74) is 1.34. The Morgan fingerprint density at radius 1 is 1.00 bits per heavy atom. The van der Waals surface area contributed by atoms with Crippen LogP contribution in [0.5, 0.6) is 0 Å². The Balaban J connectivity index is 1.95. The summed E-state index contributed by atoms with van der Waals surface area (Å²) in [7, 11) is 2.34. The van der Waals surface area contributed by atoms with Gasteiger partial charge in [-0.3, -0.25) is 0 Å². The molecule has 0 N–H and O–H groups in total. The highest BCUT2D eigenvalue weighted by Gasteiger charge is 2.20. The Hall–Kier alpha value is -0.300. The Morgan fingerprint density at radius 3 is 2.21 bits per heavy atom. The minimum Gasteiger partial charge on any atom is -0.303 e. The molecule has 0 radical (unpaired) electrons. The van der Waals surface area contributed by atoms with Crippen molar-refractivity contribution in [2.75, 3.05) is 13.6 Å². The van der Waals surface area contributed by atoms with Gasteiger partial charge in [-0.25, -0.2) is 0 Å². The van der Waals surface area contributed by atoms with Gasteiger partial charge in [0.05, 0.1) is 0 Å². The highest BCUT2D eigenvalue weighted by molar-refractivity contribution is 4.87. The van der Waals surface area contributed by atoms with Crippen molar-refractivity contribution in [2.24, 2.45) is 5.92 Å². The molecule has 19 heavy (non-hydrogen) atoms. The number of nitrogens with zero attached hydrogens (tertiary/aromatic N) is 1. The van der Waals surface area contributed by atoms with Crippen molar-refractivity contribution in [1.82, 2.24) is 4.90 Å². The zero-order chi connectivity index (χ0) is 14.1. The third kappa shape index (κ3) is 7.77. The molecule has 0 aromatic rings. The second-order valence-corrected chi connectivity index (χ2v) is 6.87. The standard InChI is InChI=1S/C18H35N/c1-16(2)10-8-6-5-7-9-15-19(4)18-13-11-17(3)12-14-18/h17-18H,1,5-15H2,2-4H3. The zero-order valence-electron chi connectivity index (χ0n) is 13.6. The maximum Gasteiger partial charge on any atom is 0.00924 e. The SMILES string of the molecule is C=C(C)CCCCCCCN(C)C1CCC(C)CC1. The van der Waals surface area contributed by atoms with Crippen LogP contribution in [-0.4, -0.2) is 24.5 Å². The lowest BCUT2D eigenvalue weighted by atomic mass is 9.87. The average Bonchev–Trinajstić information content (AvgIpc) is 2.38. The molecule has 0 aromatic carbocycles. The van der Waals surface area contributed by atoms with Gasteiger partial charge in [0.1, 0.15) is 0 Å². The van der Waals surface area contributed by atoms with E-state index >= 15 is 0 Å². The van der Waals surface area contributed by atoms with Crippen molar-refractivity contribution in [3.63, 3.8) is 0 Å². The van der Waals surface area contributed by atoms with E-state index in [4.69, 9.17) is 0 Å². The van der Waals surface area contributed by atoms with E-state index in [0.29, 0.717) is 0 Å². The first-order valence-corrected chi connectivity index (χ1v) is 8.44. The molecule has 1 rings (SSSR count). The molecule has 1 heteroatoms. The molecule has 0 saturated heterocycles. The molecule has 112 valence electrons. The van der Waals surface area contributed by atoms with Crippen molar-refractivity contribution in [3.05, 3.63) is 12.2 Å². The Labute approximate surface area is 121 Å². The molecule has 1 aliphatic rings. The van der Waals surface area contributed by atoms with Gasteiger partial charge in [-0.1, -0.05) is 31.8 Å². The van der Waals surface area contributed by atoms with Crippen LogP contribution in [0.15, 0.2) is 12.2 Å². The topological polar surface area (TPSA) is 3.24 Å². The maximum absolute atomic E-state index is 3.96. The predicted octanol–water partition coefficient (Wildman–Crippen LogP) is 5.41. The van der Waals surface area contributed by atoms with E-state index in [0.717, 1.165) is 12.0 Å². The van der Waals surface area contributed by atoms with Gasteiger partial charge < -0.3 is 4.90 Å². The van der Waals surface area contributed by atoms with Crippen LogP contribution in [0.2, 0.25) is 0 Å². The molecule has 0 aromatic heterocycles. The van der Waals surface area contributed by atoms with Gasteiger partial charge >= 0.3 is 0 Å². The lowest BCUT2D eigenvalue weighted by Gasteiger charge is -2.33. The lowest BCUT2D eigenvalue weighted by molar-refractivity contribution is 0.167. The van der Waals surface area contributed by atoms with Gasteiger partial charge in [-0.15, -0.1) is 6.58 Å². The summed E-state index contributed by atoms with van der Waals surface area (Å²) >= 11 is 0. The molecule has 1 nitrogen and oxygen atoms in total. The number of unbranched alkanes of at least 4 members (excludes halogenated alkanes) is 4. The van der Waals surface area contributed by atoms with Crippen molar-refractivity contribution in [2.45, 2.75) is 84.1 Å². The summed E-state index contributed by atoms with van der Waals surface area (Å²) in [5.74, 6) is 0.970. The second kappa shape index (κ2) is 9.58. The molecular formula is C18H35N. The van der Waals surface area contributed by atoms with Crippen LogP contribution in [-0.2, 0) is 0 Å². The van der Waals surface area contributed by atoms with E-state index in [2.05, 4.69) is 32.4 Å². The highest BCUT2D eigenvalue weighted by atomic mass is 15.1. The molecule has 0 heterocycles. The number of hydrogen-bond donors (Lipinski definition) is 0. The lowest BCUT2D eigenvalue weighted by Crippen LogP contribution is -2.35. The summed E-state index contributed by atoms with van der Waals surface area (Å²) in [4.78, 5) is 2.62. The number of rotatable bonds is 9. The van der Waals surface area contributed by atoms with Crippen LogP contribution in [0.25, 0.3) is 0 Å². The van der Waals surface area contributed by atoms with Gasteiger partial charge in [0, 0.05) is 6.04 Å². The zero-order valence-corrected chi connectivity index (χ0v) is 13.6. The summed E-state index contributed by atoms with van der Waals surface area (Å²) < 4.78 is 0. The van der Waals surface area contributed by atoms with Crippen molar-refractivity contribution >= 4 is 0 Å². The van der Waals surface area contributed by atoms with Crippen molar-refractivity contribution in [3.8, 4) is 0 Å². The fourth-order valence-electron chi connectivity index (χ4n) is 3.18. The summed E-state index contributed by atoms with van der Waals surface area (Å²) in [6.07, 6.45) is 13.9. The third-order valence-corrected chi connectivity index (χ3v) is 4.72. The maximum atomic E-state index is 3.96. The van der Waals surface area contributed by atoms with Crippen LogP contribution in [0.1, 0.15) is 78.1 Å². The minimum atomic E-state index is 0.875. The summed E-state index contributed by atoms with van der Waals surface area (Å²) in [6.45, 7) is 9.81. The van der Waals surface area contributed by atoms with Crippen LogP contribution >= 0.6 is 0 Å². The molecule has 0 amide bonds. The number of allylic oxidation sites excluding steroid dienone is 1. The van der Waals surface area contributed by atoms with Crippen LogP contribution in [0.3, 0.4) is 0 Å². The molecule has 1 fully saturated rings. The quantitative estimate of drug-likeness (QED) is 0.398. The van der Waals surface area contributed by atoms with Crippen molar-refractivity contribution < 1.29 is 0 Å². The number of hydrogen-bond acceptors (Lipinski definition) is 1. The van der Waals surface area contributed by atoms with E-state index in [9.17, 15) is 0 Å². The highest BCUT2D eigenvalue weighted by Crippen LogP contribution is 2.26. The molecular weight excluding hydrogens is 230 g/mol. The largest absolute Gasteiger partial charge is 0.303 e. The third-order valence-electron chi connectivity index (χ3n) is 4.72. The van der Waals surface area contributed by atoms with Gasteiger partial charge in [0.25, 0.3) is 0 Å². The molecule has 0 spiro atoms. The van der Waals surface area contributed by atoms with Gasteiger partial charge in [-0.05, 0) is 71.4 Å².